The third-order valence-electron chi connectivity index (χ3n) is 4.86. The number of hydrogen-bond acceptors (Lipinski definition) is 6. The topological polar surface area (TPSA) is 95.6 Å². The number of nitrogens with two attached hydrogens (primary N) is 1. The number of benzene rings is 2. The molecule has 1 saturated heterocycles. The summed E-state index contributed by atoms with van der Waals surface area (Å²) >= 11 is 0. The first-order valence-electron chi connectivity index (χ1n) is 9.10. The Kier molecular flexibility index (Phi) is 4.80. The van der Waals surface area contributed by atoms with Crippen LogP contribution in [0.5, 0.6) is 5.75 Å². The summed E-state index contributed by atoms with van der Waals surface area (Å²) < 4.78 is 0. The maximum atomic E-state index is 12.7. The summed E-state index contributed by atoms with van der Waals surface area (Å²) in [5, 5.41) is 18.2. The van der Waals surface area contributed by atoms with Gasteiger partial charge in [0.15, 0.2) is 5.82 Å². The number of nitrogen functional groups attached to an aromatic ring is 1. The standard InChI is InChI=1S/C21H21N5O2/c22-21-18(12-17(23-24-21)16-8-4-5-9-19(16)27)25-10-11-26(20(28)14-25)13-15-6-2-1-3-7-15/h1-9,12,27H,10-11,13-14H2,(H2,22,24). The van der Waals surface area contributed by atoms with Crippen LogP contribution in [-0.2, 0) is 11.3 Å². The first-order valence-corrected chi connectivity index (χ1v) is 9.10. The van der Waals surface area contributed by atoms with E-state index in [9.17, 15) is 9.90 Å². The zero-order valence-electron chi connectivity index (χ0n) is 15.3. The number of para-hydroxylation sites is 1. The number of aromatic hydroxyl groups is 1. The van der Waals surface area contributed by atoms with Crippen LogP contribution in [-0.4, -0.2) is 45.7 Å². The molecule has 0 bridgehead atoms. The zero-order valence-corrected chi connectivity index (χ0v) is 15.3. The Labute approximate surface area is 163 Å². The van der Waals surface area contributed by atoms with E-state index in [0.717, 1.165) is 5.56 Å². The lowest BCUT2D eigenvalue weighted by Gasteiger charge is -2.36. The number of rotatable bonds is 4. The summed E-state index contributed by atoms with van der Waals surface area (Å²) in [6.45, 7) is 2.07. The van der Waals surface area contributed by atoms with E-state index in [-0.39, 0.29) is 24.0 Å². The highest BCUT2D eigenvalue weighted by Crippen LogP contribution is 2.31. The summed E-state index contributed by atoms with van der Waals surface area (Å²) in [7, 11) is 0. The van der Waals surface area contributed by atoms with Gasteiger partial charge >= 0.3 is 0 Å². The molecule has 0 aliphatic carbocycles. The normalized spacial score (nSPS) is 14.4. The maximum Gasteiger partial charge on any atom is 0.242 e. The Balaban J connectivity index is 1.53. The number of nitrogens with zero attached hydrogens (tertiary/aromatic N) is 4. The van der Waals surface area contributed by atoms with E-state index in [0.29, 0.717) is 36.6 Å². The number of hydrogen-bond donors (Lipinski definition) is 2. The van der Waals surface area contributed by atoms with Gasteiger partial charge < -0.3 is 20.6 Å². The minimum atomic E-state index is 0.0374. The van der Waals surface area contributed by atoms with Crippen LogP contribution in [0.1, 0.15) is 5.56 Å². The van der Waals surface area contributed by atoms with E-state index in [1.165, 1.54) is 0 Å². The molecule has 7 heteroatoms. The van der Waals surface area contributed by atoms with Crippen molar-refractivity contribution in [2.75, 3.05) is 30.3 Å². The van der Waals surface area contributed by atoms with Gasteiger partial charge in [0.1, 0.15) is 5.75 Å². The molecule has 0 radical (unpaired) electrons. The number of phenols is 1. The monoisotopic (exact) mass is 375 g/mol. The summed E-state index contributed by atoms with van der Waals surface area (Å²) in [4.78, 5) is 16.4. The Morgan fingerprint density at radius 2 is 1.75 bits per heavy atom. The molecule has 142 valence electrons. The quantitative estimate of drug-likeness (QED) is 0.726. The third kappa shape index (κ3) is 3.59. The second-order valence-electron chi connectivity index (χ2n) is 6.74. The lowest BCUT2D eigenvalue weighted by molar-refractivity contribution is -0.131. The SMILES string of the molecule is Nc1nnc(-c2ccccc2O)cc1N1CCN(Cc2ccccc2)C(=O)C1. The molecular formula is C21H21N5O2. The molecule has 0 saturated carbocycles. The smallest absolute Gasteiger partial charge is 0.242 e. The Morgan fingerprint density at radius 3 is 2.50 bits per heavy atom. The second-order valence-corrected chi connectivity index (χ2v) is 6.74. The largest absolute Gasteiger partial charge is 0.507 e. The van der Waals surface area contributed by atoms with Crippen molar-refractivity contribution in [3.63, 3.8) is 0 Å². The van der Waals surface area contributed by atoms with Gasteiger partial charge in [0, 0.05) is 25.2 Å². The number of carbonyl (C=O) groups is 1. The summed E-state index contributed by atoms with van der Waals surface area (Å²) in [5.41, 5.74) is 8.89. The second kappa shape index (κ2) is 7.56. The van der Waals surface area contributed by atoms with Gasteiger partial charge in [-0.05, 0) is 23.8 Å². The summed E-state index contributed by atoms with van der Waals surface area (Å²) in [6.07, 6.45) is 0. The van der Waals surface area contributed by atoms with Crippen molar-refractivity contribution < 1.29 is 9.90 Å². The van der Waals surface area contributed by atoms with Gasteiger partial charge in [-0.3, -0.25) is 4.79 Å². The minimum absolute atomic E-state index is 0.0374. The van der Waals surface area contributed by atoms with E-state index in [4.69, 9.17) is 5.73 Å². The van der Waals surface area contributed by atoms with Gasteiger partial charge in [-0.1, -0.05) is 42.5 Å². The Hall–Kier alpha value is -3.61. The van der Waals surface area contributed by atoms with Crippen LogP contribution in [0.15, 0.2) is 60.7 Å². The van der Waals surface area contributed by atoms with Gasteiger partial charge in [0.05, 0.1) is 17.9 Å². The molecule has 3 aromatic rings. The minimum Gasteiger partial charge on any atom is -0.507 e. The van der Waals surface area contributed by atoms with Gasteiger partial charge in [-0.25, -0.2) is 0 Å². The van der Waals surface area contributed by atoms with Crippen molar-refractivity contribution in [2.24, 2.45) is 0 Å². The average Bonchev–Trinajstić information content (AvgIpc) is 2.71. The third-order valence-corrected chi connectivity index (χ3v) is 4.86. The van der Waals surface area contributed by atoms with E-state index in [1.54, 1.807) is 24.3 Å². The van der Waals surface area contributed by atoms with Crippen LogP contribution in [0.4, 0.5) is 11.5 Å². The Morgan fingerprint density at radius 1 is 1.00 bits per heavy atom. The molecule has 0 unspecified atom stereocenters. The number of phenolic OH excluding ortho intramolecular Hbond substituents is 1. The lowest BCUT2D eigenvalue weighted by atomic mass is 10.1. The maximum absolute atomic E-state index is 12.7. The molecular weight excluding hydrogens is 354 g/mol. The zero-order chi connectivity index (χ0) is 19.5. The molecule has 1 amide bonds. The summed E-state index contributed by atoms with van der Waals surface area (Å²) in [5.74, 6) is 0.426. The molecule has 28 heavy (non-hydrogen) atoms. The number of amides is 1. The number of aromatic nitrogens is 2. The van der Waals surface area contributed by atoms with Gasteiger partial charge in [0.2, 0.25) is 5.91 Å². The first-order chi connectivity index (χ1) is 13.6. The van der Waals surface area contributed by atoms with Crippen molar-refractivity contribution in [2.45, 2.75) is 6.54 Å². The molecule has 1 aromatic heterocycles. The Bertz CT molecular complexity index is 993. The van der Waals surface area contributed by atoms with Gasteiger partial charge in [-0.15, -0.1) is 10.2 Å². The van der Waals surface area contributed by atoms with Crippen molar-refractivity contribution in [1.29, 1.82) is 0 Å². The molecule has 4 rings (SSSR count). The molecule has 0 atom stereocenters. The van der Waals surface area contributed by atoms with Crippen LogP contribution in [0.2, 0.25) is 0 Å². The van der Waals surface area contributed by atoms with E-state index in [2.05, 4.69) is 10.2 Å². The highest BCUT2D eigenvalue weighted by Gasteiger charge is 2.26. The van der Waals surface area contributed by atoms with Gasteiger partial charge in [0.25, 0.3) is 0 Å². The fraction of sp³-hybridized carbons (Fsp3) is 0.190. The molecule has 7 nitrogen and oxygen atoms in total. The predicted molar refractivity (Wildman–Crippen MR) is 108 cm³/mol. The summed E-state index contributed by atoms with van der Waals surface area (Å²) in [6, 6.07) is 18.6. The molecule has 1 aliphatic rings. The van der Waals surface area contributed by atoms with Crippen molar-refractivity contribution in [1.82, 2.24) is 15.1 Å². The molecule has 2 heterocycles. The highest BCUT2D eigenvalue weighted by molar-refractivity contribution is 5.85. The van der Waals surface area contributed by atoms with Crippen molar-refractivity contribution in [3.8, 4) is 17.0 Å². The molecule has 3 N–H and O–H groups in total. The lowest BCUT2D eigenvalue weighted by Crippen LogP contribution is -2.50. The molecule has 1 fully saturated rings. The van der Waals surface area contributed by atoms with Crippen LogP contribution < -0.4 is 10.6 Å². The average molecular weight is 375 g/mol. The fourth-order valence-corrected chi connectivity index (χ4v) is 3.35. The highest BCUT2D eigenvalue weighted by atomic mass is 16.3. The van der Waals surface area contributed by atoms with Crippen LogP contribution in [0, 0.1) is 0 Å². The number of anilines is 2. The van der Waals surface area contributed by atoms with Crippen LogP contribution in [0.25, 0.3) is 11.3 Å². The predicted octanol–water partition coefficient (Wildman–Crippen LogP) is 2.28. The van der Waals surface area contributed by atoms with Crippen molar-refractivity contribution >= 4 is 17.4 Å². The van der Waals surface area contributed by atoms with Crippen LogP contribution >= 0.6 is 0 Å². The van der Waals surface area contributed by atoms with Crippen LogP contribution in [0.3, 0.4) is 0 Å². The molecule has 1 aliphatic heterocycles. The molecule has 2 aromatic carbocycles. The number of piperazine rings is 1. The molecule has 0 spiro atoms. The fourth-order valence-electron chi connectivity index (χ4n) is 3.35. The van der Waals surface area contributed by atoms with Crippen molar-refractivity contribution in [3.05, 3.63) is 66.2 Å². The first kappa shape index (κ1) is 17.8. The van der Waals surface area contributed by atoms with Gasteiger partial charge in [-0.2, -0.15) is 0 Å². The van der Waals surface area contributed by atoms with E-state index >= 15 is 0 Å². The van der Waals surface area contributed by atoms with E-state index in [1.807, 2.05) is 46.2 Å². The van der Waals surface area contributed by atoms with E-state index < -0.39 is 0 Å². The number of carbonyl (C=O) groups excluding carboxylic acids is 1.